The third-order valence-corrected chi connectivity index (χ3v) is 3.21. The zero-order chi connectivity index (χ0) is 12.4. The van der Waals surface area contributed by atoms with Crippen molar-refractivity contribution < 1.29 is 14.3 Å². The molecule has 1 heterocycles. The van der Waals surface area contributed by atoms with Gasteiger partial charge in [-0.25, -0.2) is 4.79 Å². The van der Waals surface area contributed by atoms with Gasteiger partial charge in [0, 0.05) is 24.7 Å². The van der Waals surface area contributed by atoms with Gasteiger partial charge in [-0.2, -0.15) is 0 Å². The Morgan fingerprint density at radius 2 is 2.35 bits per heavy atom. The molecule has 1 fully saturated rings. The first-order chi connectivity index (χ1) is 8.08. The third-order valence-electron chi connectivity index (χ3n) is 3.21. The predicted molar refractivity (Wildman–Crippen MR) is 64.4 cm³/mol. The highest BCUT2D eigenvalue weighted by Crippen LogP contribution is 2.27. The Morgan fingerprint density at radius 1 is 1.65 bits per heavy atom. The van der Waals surface area contributed by atoms with E-state index in [1.54, 1.807) is 6.07 Å². The van der Waals surface area contributed by atoms with Crippen LogP contribution in [0.5, 0.6) is 0 Å². The van der Waals surface area contributed by atoms with E-state index in [-0.39, 0.29) is 5.76 Å². The summed E-state index contributed by atoms with van der Waals surface area (Å²) in [6.45, 7) is 2.89. The molecule has 0 amide bonds. The van der Waals surface area contributed by atoms with Gasteiger partial charge in [-0.05, 0) is 32.9 Å². The van der Waals surface area contributed by atoms with Crippen molar-refractivity contribution in [2.24, 2.45) is 0 Å². The van der Waals surface area contributed by atoms with E-state index in [4.69, 9.17) is 9.52 Å². The molecule has 1 saturated carbocycles. The molecule has 1 aromatic heterocycles. The van der Waals surface area contributed by atoms with Crippen molar-refractivity contribution in [2.45, 2.75) is 31.8 Å². The van der Waals surface area contributed by atoms with Crippen LogP contribution in [-0.4, -0.2) is 41.7 Å². The molecule has 0 radical (unpaired) electrons. The summed E-state index contributed by atoms with van der Waals surface area (Å²) < 4.78 is 5.12. The molecule has 94 valence electrons. The van der Waals surface area contributed by atoms with Crippen LogP contribution in [0.3, 0.4) is 0 Å². The highest BCUT2D eigenvalue weighted by Gasteiger charge is 2.28. The smallest absolute Gasteiger partial charge is 0.371 e. The number of carboxylic acid groups (broad SMARTS) is 1. The standard InChI is InChI=1S/C12H18N2O3/c1-8(14(2)9-3-4-9)7-13-11-6-5-10(17-11)12(15)16/h5-6,8-9,13H,3-4,7H2,1-2H3,(H,15,16). The first-order valence-corrected chi connectivity index (χ1v) is 5.87. The lowest BCUT2D eigenvalue weighted by Gasteiger charge is -2.24. The number of rotatable bonds is 6. The zero-order valence-electron chi connectivity index (χ0n) is 10.1. The first-order valence-electron chi connectivity index (χ1n) is 5.87. The quantitative estimate of drug-likeness (QED) is 0.792. The number of carbonyl (C=O) groups is 1. The molecule has 0 aliphatic heterocycles. The Morgan fingerprint density at radius 3 is 2.88 bits per heavy atom. The van der Waals surface area contributed by atoms with Gasteiger partial charge >= 0.3 is 5.97 Å². The first kappa shape index (κ1) is 12.0. The Hall–Kier alpha value is -1.49. The Bertz CT molecular complexity index is 398. The maximum Gasteiger partial charge on any atom is 0.371 e. The molecule has 0 aromatic carbocycles. The highest BCUT2D eigenvalue weighted by molar-refractivity contribution is 5.84. The Kier molecular flexibility index (Phi) is 3.38. The monoisotopic (exact) mass is 238 g/mol. The fourth-order valence-corrected chi connectivity index (χ4v) is 1.78. The number of furan rings is 1. The van der Waals surface area contributed by atoms with Gasteiger partial charge in [0.15, 0.2) is 5.88 Å². The molecule has 1 aliphatic carbocycles. The van der Waals surface area contributed by atoms with Crippen LogP contribution in [-0.2, 0) is 0 Å². The number of likely N-dealkylation sites (N-methyl/N-ethyl adjacent to an activating group) is 1. The topological polar surface area (TPSA) is 65.7 Å². The van der Waals surface area contributed by atoms with Crippen molar-refractivity contribution in [1.82, 2.24) is 4.90 Å². The summed E-state index contributed by atoms with van der Waals surface area (Å²) in [5.41, 5.74) is 0. The fourth-order valence-electron chi connectivity index (χ4n) is 1.78. The Labute approximate surface area is 100 Å². The molecular weight excluding hydrogens is 220 g/mol. The van der Waals surface area contributed by atoms with E-state index >= 15 is 0 Å². The lowest BCUT2D eigenvalue weighted by atomic mass is 10.3. The second-order valence-electron chi connectivity index (χ2n) is 4.60. The number of aromatic carboxylic acids is 1. The normalized spacial score (nSPS) is 17.1. The van der Waals surface area contributed by atoms with Crippen LogP contribution in [0.25, 0.3) is 0 Å². The van der Waals surface area contributed by atoms with Gasteiger partial charge in [-0.3, -0.25) is 4.90 Å². The highest BCUT2D eigenvalue weighted by atomic mass is 16.4. The minimum absolute atomic E-state index is 0.0318. The van der Waals surface area contributed by atoms with Crippen LogP contribution in [0.15, 0.2) is 16.5 Å². The molecule has 1 aliphatic rings. The molecule has 1 atom stereocenters. The molecule has 1 aromatic rings. The summed E-state index contributed by atoms with van der Waals surface area (Å²) in [5.74, 6) is -0.560. The zero-order valence-corrected chi connectivity index (χ0v) is 10.1. The van der Waals surface area contributed by atoms with Crippen LogP contribution < -0.4 is 5.32 Å². The van der Waals surface area contributed by atoms with Crippen molar-refractivity contribution >= 4 is 11.9 Å². The van der Waals surface area contributed by atoms with E-state index in [0.717, 1.165) is 12.6 Å². The van der Waals surface area contributed by atoms with Crippen molar-refractivity contribution in [3.63, 3.8) is 0 Å². The third kappa shape index (κ3) is 3.00. The number of nitrogens with zero attached hydrogens (tertiary/aromatic N) is 1. The van der Waals surface area contributed by atoms with Crippen molar-refractivity contribution in [3.05, 3.63) is 17.9 Å². The summed E-state index contributed by atoms with van der Waals surface area (Å²) in [6.07, 6.45) is 2.56. The number of hydrogen-bond donors (Lipinski definition) is 2. The number of nitrogens with one attached hydrogen (secondary N) is 1. The average Bonchev–Trinajstić information content (AvgIpc) is 3.03. The van der Waals surface area contributed by atoms with Crippen LogP contribution in [0.2, 0.25) is 0 Å². The number of carboxylic acids is 1. The van der Waals surface area contributed by atoms with Crippen LogP contribution >= 0.6 is 0 Å². The van der Waals surface area contributed by atoms with E-state index in [2.05, 4.69) is 24.2 Å². The molecule has 5 heteroatoms. The van der Waals surface area contributed by atoms with E-state index in [0.29, 0.717) is 11.9 Å². The fraction of sp³-hybridized carbons (Fsp3) is 0.583. The van der Waals surface area contributed by atoms with Gasteiger partial charge in [0.05, 0.1) is 0 Å². The van der Waals surface area contributed by atoms with Gasteiger partial charge in [0.2, 0.25) is 5.76 Å². The van der Waals surface area contributed by atoms with Gasteiger partial charge < -0.3 is 14.8 Å². The van der Waals surface area contributed by atoms with Gasteiger partial charge in [0.25, 0.3) is 0 Å². The van der Waals surface area contributed by atoms with Gasteiger partial charge in [-0.15, -0.1) is 0 Å². The molecule has 0 bridgehead atoms. The van der Waals surface area contributed by atoms with E-state index < -0.39 is 5.97 Å². The summed E-state index contributed by atoms with van der Waals surface area (Å²) in [6, 6.07) is 4.23. The van der Waals surface area contributed by atoms with E-state index in [9.17, 15) is 4.79 Å². The lowest BCUT2D eigenvalue weighted by Crippen LogP contribution is -2.36. The van der Waals surface area contributed by atoms with E-state index in [1.165, 1.54) is 18.9 Å². The maximum absolute atomic E-state index is 10.6. The second kappa shape index (κ2) is 4.79. The summed E-state index contributed by atoms with van der Waals surface area (Å²) >= 11 is 0. The minimum atomic E-state index is -1.04. The van der Waals surface area contributed by atoms with Crippen LogP contribution in [0, 0.1) is 0 Å². The lowest BCUT2D eigenvalue weighted by molar-refractivity contribution is 0.0663. The van der Waals surface area contributed by atoms with Crippen molar-refractivity contribution in [2.75, 3.05) is 18.9 Å². The summed E-state index contributed by atoms with van der Waals surface area (Å²) in [4.78, 5) is 13.0. The number of hydrogen-bond acceptors (Lipinski definition) is 4. The average molecular weight is 238 g/mol. The molecule has 5 nitrogen and oxygen atoms in total. The van der Waals surface area contributed by atoms with Crippen LogP contribution in [0.1, 0.15) is 30.3 Å². The number of anilines is 1. The molecule has 17 heavy (non-hydrogen) atoms. The maximum atomic E-state index is 10.6. The molecule has 0 saturated heterocycles. The molecule has 0 spiro atoms. The van der Waals surface area contributed by atoms with Crippen LogP contribution in [0.4, 0.5) is 5.88 Å². The van der Waals surface area contributed by atoms with Gasteiger partial charge in [-0.1, -0.05) is 0 Å². The summed E-state index contributed by atoms with van der Waals surface area (Å²) in [5, 5.41) is 11.8. The minimum Gasteiger partial charge on any atom is -0.475 e. The largest absolute Gasteiger partial charge is 0.475 e. The predicted octanol–water partition coefficient (Wildman–Crippen LogP) is 1.87. The summed E-state index contributed by atoms with van der Waals surface area (Å²) in [7, 11) is 2.12. The molecular formula is C12H18N2O3. The van der Waals surface area contributed by atoms with Crippen molar-refractivity contribution in [3.8, 4) is 0 Å². The molecule has 2 N–H and O–H groups in total. The van der Waals surface area contributed by atoms with Crippen molar-refractivity contribution in [1.29, 1.82) is 0 Å². The van der Waals surface area contributed by atoms with E-state index in [1.807, 2.05) is 0 Å². The SMILES string of the molecule is CC(CNc1ccc(C(=O)O)o1)N(C)C1CC1. The second-order valence-corrected chi connectivity index (χ2v) is 4.60. The molecule has 2 rings (SSSR count). The molecule has 1 unspecified atom stereocenters. The Balaban J connectivity index is 1.82. The van der Waals surface area contributed by atoms with Gasteiger partial charge in [0.1, 0.15) is 0 Å².